The lowest BCUT2D eigenvalue weighted by Gasteiger charge is -2.02. The van der Waals surface area contributed by atoms with Crippen LogP contribution in [0.3, 0.4) is 0 Å². The highest BCUT2D eigenvalue weighted by Gasteiger charge is 2.03. The van der Waals surface area contributed by atoms with Gasteiger partial charge in [-0.15, -0.1) is 0 Å². The van der Waals surface area contributed by atoms with Gasteiger partial charge in [0, 0.05) is 11.3 Å². The van der Waals surface area contributed by atoms with Crippen molar-refractivity contribution in [1.29, 1.82) is 0 Å². The van der Waals surface area contributed by atoms with Gasteiger partial charge in [-0.1, -0.05) is 42.5 Å². The first-order valence-electron chi connectivity index (χ1n) is 5.76. The molecule has 0 radical (unpaired) electrons. The Morgan fingerprint density at radius 3 is 2.78 bits per heavy atom. The quantitative estimate of drug-likeness (QED) is 0.331. The second-order valence-corrected chi connectivity index (χ2v) is 3.84. The van der Waals surface area contributed by atoms with Crippen LogP contribution in [0.2, 0.25) is 0 Å². The molecule has 5 nitrogen and oxygen atoms in total. The van der Waals surface area contributed by atoms with Gasteiger partial charge in [-0.25, -0.2) is 0 Å². The molecule has 18 heavy (non-hydrogen) atoms. The van der Waals surface area contributed by atoms with E-state index in [2.05, 4.69) is 0 Å². The molecule has 0 bridgehead atoms. The van der Waals surface area contributed by atoms with E-state index >= 15 is 0 Å². The Morgan fingerprint density at radius 2 is 2.11 bits per heavy atom. The Balaban J connectivity index is 2.11. The van der Waals surface area contributed by atoms with Crippen LogP contribution in [0.5, 0.6) is 0 Å². The molecule has 0 aromatic heterocycles. The molecule has 0 saturated carbocycles. The van der Waals surface area contributed by atoms with E-state index in [4.69, 9.17) is 4.74 Å². The average Bonchev–Trinajstić information content (AvgIpc) is 2.37. The van der Waals surface area contributed by atoms with Crippen molar-refractivity contribution in [3.63, 3.8) is 0 Å². The van der Waals surface area contributed by atoms with Crippen LogP contribution in [0.15, 0.2) is 42.5 Å². The molecule has 0 fully saturated rings. The number of ether oxygens (including phenoxy) is 1. The van der Waals surface area contributed by atoms with E-state index in [1.54, 1.807) is 6.08 Å². The lowest BCUT2D eigenvalue weighted by atomic mass is 10.2. The Bertz CT molecular complexity index is 378. The van der Waals surface area contributed by atoms with Crippen molar-refractivity contribution < 1.29 is 14.8 Å². The molecular formula is C13H17NO4. The normalized spacial score (nSPS) is 12.7. The van der Waals surface area contributed by atoms with Crippen LogP contribution in [0.4, 0.5) is 0 Å². The molecule has 0 saturated heterocycles. The summed E-state index contributed by atoms with van der Waals surface area (Å²) in [4.78, 5) is 9.64. The number of aliphatic hydroxyl groups is 1. The molecule has 1 rings (SSSR count). The molecule has 1 N–H and O–H groups in total. The van der Waals surface area contributed by atoms with Crippen LogP contribution in [0.1, 0.15) is 12.0 Å². The highest BCUT2D eigenvalue weighted by molar-refractivity contribution is 5.13. The third kappa shape index (κ3) is 6.78. The van der Waals surface area contributed by atoms with Crippen LogP contribution in [-0.2, 0) is 11.3 Å². The lowest BCUT2D eigenvalue weighted by Crippen LogP contribution is -2.11. The fourth-order valence-corrected chi connectivity index (χ4v) is 1.37. The molecule has 1 aromatic rings. The van der Waals surface area contributed by atoms with Crippen LogP contribution >= 0.6 is 0 Å². The van der Waals surface area contributed by atoms with Gasteiger partial charge in [0.05, 0.1) is 19.3 Å². The molecule has 0 aliphatic heterocycles. The zero-order valence-electron chi connectivity index (χ0n) is 10.1. The maximum atomic E-state index is 10.1. The van der Waals surface area contributed by atoms with Crippen molar-refractivity contribution >= 4 is 0 Å². The van der Waals surface area contributed by atoms with E-state index < -0.39 is 11.0 Å². The molecule has 0 spiro atoms. The van der Waals surface area contributed by atoms with Gasteiger partial charge in [-0.05, 0) is 5.56 Å². The van der Waals surface area contributed by atoms with Crippen molar-refractivity contribution in [3.05, 3.63) is 58.2 Å². The molecule has 1 aromatic carbocycles. The predicted molar refractivity (Wildman–Crippen MR) is 67.7 cm³/mol. The number of hydrogen-bond acceptors (Lipinski definition) is 4. The summed E-state index contributed by atoms with van der Waals surface area (Å²) in [6.45, 7) is 0.664. The first kappa shape index (κ1) is 14.3. The van der Waals surface area contributed by atoms with Gasteiger partial charge in [0.25, 0.3) is 0 Å². The second-order valence-electron chi connectivity index (χ2n) is 3.84. The predicted octanol–water partition coefficient (Wildman–Crippen LogP) is 1.79. The van der Waals surface area contributed by atoms with Gasteiger partial charge < -0.3 is 9.84 Å². The first-order chi connectivity index (χ1) is 8.68. The van der Waals surface area contributed by atoms with Crippen LogP contribution in [0, 0.1) is 10.1 Å². The maximum absolute atomic E-state index is 10.1. The Morgan fingerprint density at radius 1 is 1.39 bits per heavy atom. The zero-order valence-corrected chi connectivity index (χ0v) is 10.1. The number of nitrogens with zero attached hydrogens (tertiary/aromatic N) is 1. The van der Waals surface area contributed by atoms with Crippen molar-refractivity contribution in [2.45, 2.75) is 19.1 Å². The van der Waals surface area contributed by atoms with Crippen molar-refractivity contribution in [3.8, 4) is 0 Å². The fraction of sp³-hybridized carbons (Fsp3) is 0.385. The van der Waals surface area contributed by atoms with E-state index in [1.807, 2.05) is 30.3 Å². The third-order valence-electron chi connectivity index (χ3n) is 2.29. The number of aliphatic hydroxyl groups excluding tert-OH is 1. The lowest BCUT2D eigenvalue weighted by molar-refractivity contribution is -0.481. The number of nitro groups is 1. The van der Waals surface area contributed by atoms with Crippen molar-refractivity contribution in [1.82, 2.24) is 0 Å². The average molecular weight is 251 g/mol. The summed E-state index contributed by atoms with van der Waals surface area (Å²) in [5, 5.41) is 19.5. The van der Waals surface area contributed by atoms with E-state index in [1.165, 1.54) is 6.08 Å². The summed E-state index contributed by atoms with van der Waals surface area (Å²) in [6.07, 6.45) is 2.54. The molecule has 98 valence electrons. The number of hydrogen-bond donors (Lipinski definition) is 1. The van der Waals surface area contributed by atoms with Crippen molar-refractivity contribution in [2.75, 3.05) is 13.2 Å². The van der Waals surface area contributed by atoms with Crippen LogP contribution in [-0.4, -0.2) is 29.3 Å². The first-order valence-corrected chi connectivity index (χ1v) is 5.76. The summed E-state index contributed by atoms with van der Waals surface area (Å²) in [5.41, 5.74) is 1.08. The molecule has 0 aliphatic rings. The van der Waals surface area contributed by atoms with E-state index in [9.17, 15) is 15.2 Å². The molecule has 0 amide bonds. The standard InChI is InChI=1S/C13H17NO4/c15-13(8-9-14(16)17)7-4-10-18-11-12-5-2-1-3-6-12/h1-7,13,15H,8-11H2/b7-4+. The van der Waals surface area contributed by atoms with E-state index in [0.717, 1.165) is 5.56 Å². The number of benzene rings is 1. The highest BCUT2D eigenvalue weighted by atomic mass is 16.6. The summed E-state index contributed by atoms with van der Waals surface area (Å²) >= 11 is 0. The van der Waals surface area contributed by atoms with Crippen molar-refractivity contribution in [2.24, 2.45) is 0 Å². The largest absolute Gasteiger partial charge is 0.389 e. The summed E-state index contributed by atoms with van der Waals surface area (Å²) in [6, 6.07) is 9.76. The van der Waals surface area contributed by atoms with E-state index in [-0.39, 0.29) is 13.0 Å². The molecule has 0 heterocycles. The SMILES string of the molecule is O=[N+]([O-])CCC(O)/C=C/COCc1ccccc1. The van der Waals surface area contributed by atoms with Gasteiger partial charge in [0.1, 0.15) is 0 Å². The Hall–Kier alpha value is -1.72. The summed E-state index contributed by atoms with van der Waals surface area (Å²) in [7, 11) is 0. The highest BCUT2D eigenvalue weighted by Crippen LogP contribution is 2.00. The topological polar surface area (TPSA) is 72.6 Å². The molecule has 0 aliphatic carbocycles. The zero-order chi connectivity index (χ0) is 13.2. The molecule has 5 heteroatoms. The minimum atomic E-state index is -0.782. The minimum Gasteiger partial charge on any atom is -0.389 e. The van der Waals surface area contributed by atoms with Gasteiger partial charge in [0.2, 0.25) is 6.54 Å². The third-order valence-corrected chi connectivity index (χ3v) is 2.29. The second kappa shape index (κ2) is 8.38. The Labute approximate surface area is 106 Å². The van der Waals surface area contributed by atoms with Gasteiger partial charge in [-0.3, -0.25) is 10.1 Å². The monoisotopic (exact) mass is 251 g/mol. The summed E-state index contributed by atoms with van der Waals surface area (Å²) < 4.78 is 5.36. The van der Waals surface area contributed by atoms with Gasteiger partial charge >= 0.3 is 0 Å². The van der Waals surface area contributed by atoms with Gasteiger partial charge in [0.15, 0.2) is 0 Å². The fourth-order valence-electron chi connectivity index (χ4n) is 1.37. The number of rotatable bonds is 8. The maximum Gasteiger partial charge on any atom is 0.206 e. The van der Waals surface area contributed by atoms with Crippen LogP contribution < -0.4 is 0 Å². The molecule has 1 unspecified atom stereocenters. The Kier molecular flexibility index (Phi) is 6.68. The minimum absolute atomic E-state index is 0.127. The van der Waals surface area contributed by atoms with Gasteiger partial charge in [-0.2, -0.15) is 0 Å². The molecule has 1 atom stereocenters. The molecular weight excluding hydrogens is 234 g/mol. The smallest absolute Gasteiger partial charge is 0.206 e. The summed E-state index contributed by atoms with van der Waals surface area (Å²) in [5.74, 6) is 0. The van der Waals surface area contributed by atoms with Crippen LogP contribution in [0.25, 0.3) is 0 Å². The van der Waals surface area contributed by atoms with E-state index in [0.29, 0.717) is 13.2 Å².